The zero-order valence-electron chi connectivity index (χ0n) is 10.1. The Morgan fingerprint density at radius 1 is 1.42 bits per heavy atom. The zero-order chi connectivity index (χ0) is 13.4. The number of nitrogens with one attached hydrogen (secondary N) is 1. The number of aryl methyl sites for hydroxylation is 1. The van der Waals surface area contributed by atoms with Crippen LogP contribution in [0, 0.1) is 6.92 Å². The number of hydrogen-bond acceptors (Lipinski definition) is 4. The summed E-state index contributed by atoms with van der Waals surface area (Å²) in [5, 5.41) is 3.23. The first-order valence-electron chi connectivity index (χ1n) is 5.70. The van der Waals surface area contributed by atoms with E-state index in [2.05, 4.69) is 15.3 Å². The fraction of sp³-hybridized carbons (Fsp3) is 0.154. The Morgan fingerprint density at radius 3 is 3.11 bits per heavy atom. The predicted molar refractivity (Wildman–Crippen MR) is 71.3 cm³/mol. The van der Waals surface area contributed by atoms with E-state index < -0.39 is 0 Å². The summed E-state index contributed by atoms with van der Waals surface area (Å²) in [6.07, 6.45) is 1.56. The third kappa shape index (κ3) is 2.13. The second-order valence-corrected chi connectivity index (χ2v) is 4.56. The molecule has 0 radical (unpaired) electrons. The van der Waals surface area contributed by atoms with Crippen LogP contribution in [-0.2, 0) is 4.79 Å². The zero-order valence-corrected chi connectivity index (χ0v) is 10.9. The third-order valence-corrected chi connectivity index (χ3v) is 3.31. The maximum atomic E-state index is 11.2. The highest BCUT2D eigenvalue weighted by Crippen LogP contribution is 2.32. The molecule has 0 unspecified atom stereocenters. The molecule has 0 atom stereocenters. The van der Waals surface area contributed by atoms with E-state index in [4.69, 9.17) is 16.3 Å². The van der Waals surface area contributed by atoms with Gasteiger partial charge in [0.05, 0.1) is 16.9 Å². The Morgan fingerprint density at radius 2 is 2.26 bits per heavy atom. The molecule has 19 heavy (non-hydrogen) atoms. The summed E-state index contributed by atoms with van der Waals surface area (Å²) in [4.78, 5) is 19.6. The van der Waals surface area contributed by atoms with Crippen molar-refractivity contribution in [3.63, 3.8) is 0 Å². The maximum absolute atomic E-state index is 11.2. The smallest absolute Gasteiger partial charge is 0.263 e. The van der Waals surface area contributed by atoms with Crippen LogP contribution in [0.5, 0.6) is 5.88 Å². The van der Waals surface area contributed by atoms with E-state index in [0.717, 1.165) is 11.1 Å². The molecule has 1 aliphatic heterocycles. The van der Waals surface area contributed by atoms with Crippen LogP contribution in [0.15, 0.2) is 24.4 Å². The standard InChI is InChI=1S/C13H10ClN3O2/c1-7-3-2-4-8(11(7)14)9-5-15-12-13(16-9)19-6-10(18)17-12/h2-5H,6H2,1H3,(H,15,17,18). The van der Waals surface area contributed by atoms with Gasteiger partial charge in [-0.1, -0.05) is 29.8 Å². The van der Waals surface area contributed by atoms with Gasteiger partial charge in [-0.3, -0.25) is 4.79 Å². The molecular weight excluding hydrogens is 266 g/mol. The molecule has 1 aliphatic rings. The largest absolute Gasteiger partial charge is 0.465 e. The van der Waals surface area contributed by atoms with Crippen LogP contribution >= 0.6 is 11.6 Å². The number of carbonyl (C=O) groups excluding carboxylic acids is 1. The first kappa shape index (κ1) is 11.9. The minimum atomic E-state index is -0.233. The molecule has 0 aliphatic carbocycles. The molecule has 0 spiro atoms. The summed E-state index contributed by atoms with van der Waals surface area (Å²) < 4.78 is 5.24. The second kappa shape index (κ2) is 4.51. The van der Waals surface area contributed by atoms with Crippen molar-refractivity contribution in [3.05, 3.63) is 35.0 Å². The van der Waals surface area contributed by atoms with Crippen molar-refractivity contribution in [2.75, 3.05) is 11.9 Å². The van der Waals surface area contributed by atoms with Crippen molar-refractivity contribution in [1.82, 2.24) is 9.97 Å². The van der Waals surface area contributed by atoms with Crippen LogP contribution in [0.1, 0.15) is 5.56 Å². The second-order valence-electron chi connectivity index (χ2n) is 4.18. The van der Waals surface area contributed by atoms with Crippen molar-refractivity contribution in [2.24, 2.45) is 0 Å². The lowest BCUT2D eigenvalue weighted by Crippen LogP contribution is -2.26. The van der Waals surface area contributed by atoms with Crippen LogP contribution in [0.2, 0.25) is 5.02 Å². The van der Waals surface area contributed by atoms with Crippen LogP contribution < -0.4 is 10.1 Å². The van der Waals surface area contributed by atoms with Crippen LogP contribution in [-0.4, -0.2) is 22.5 Å². The normalized spacial score (nSPS) is 13.5. The van der Waals surface area contributed by atoms with Crippen molar-refractivity contribution >= 4 is 23.3 Å². The first-order chi connectivity index (χ1) is 9.15. The summed E-state index contributed by atoms with van der Waals surface area (Å²) in [6, 6.07) is 5.70. The highest BCUT2D eigenvalue weighted by Gasteiger charge is 2.20. The molecule has 6 heteroatoms. The molecule has 96 valence electrons. The van der Waals surface area contributed by atoms with Crippen LogP contribution in [0.4, 0.5) is 5.82 Å². The summed E-state index contributed by atoms with van der Waals surface area (Å²) in [6.45, 7) is 1.88. The molecule has 1 N–H and O–H groups in total. The van der Waals surface area contributed by atoms with E-state index in [1.165, 1.54) is 0 Å². The lowest BCUT2D eigenvalue weighted by Gasteiger charge is -2.16. The molecule has 0 saturated carbocycles. The molecule has 5 nitrogen and oxygen atoms in total. The Bertz CT molecular complexity index is 673. The van der Waals surface area contributed by atoms with E-state index >= 15 is 0 Å². The van der Waals surface area contributed by atoms with Gasteiger partial charge in [-0.05, 0) is 12.5 Å². The van der Waals surface area contributed by atoms with E-state index in [1.54, 1.807) is 6.20 Å². The van der Waals surface area contributed by atoms with Gasteiger partial charge >= 0.3 is 0 Å². The number of fused-ring (bicyclic) bond motifs is 1. The van der Waals surface area contributed by atoms with Gasteiger partial charge in [0.2, 0.25) is 0 Å². The molecule has 0 saturated heterocycles. The summed E-state index contributed by atoms with van der Waals surface area (Å²) in [5.41, 5.74) is 2.37. The van der Waals surface area contributed by atoms with Gasteiger partial charge in [-0.2, -0.15) is 0 Å². The fourth-order valence-corrected chi connectivity index (χ4v) is 2.06. The predicted octanol–water partition coefficient (Wildman–Crippen LogP) is 2.44. The lowest BCUT2D eigenvalue weighted by molar-refractivity contribution is -0.118. The van der Waals surface area contributed by atoms with Gasteiger partial charge in [0.1, 0.15) is 0 Å². The number of hydrogen-bond donors (Lipinski definition) is 1. The van der Waals surface area contributed by atoms with E-state index in [-0.39, 0.29) is 12.5 Å². The van der Waals surface area contributed by atoms with Gasteiger partial charge in [0.25, 0.3) is 11.8 Å². The number of carbonyl (C=O) groups is 1. The minimum Gasteiger partial charge on any atom is -0.465 e. The number of aromatic nitrogens is 2. The Hall–Kier alpha value is -2.14. The van der Waals surface area contributed by atoms with Crippen molar-refractivity contribution in [2.45, 2.75) is 6.92 Å². The molecule has 1 amide bonds. The Kier molecular flexibility index (Phi) is 2.83. The van der Waals surface area contributed by atoms with Gasteiger partial charge in [-0.25, -0.2) is 9.97 Å². The van der Waals surface area contributed by atoms with Crippen LogP contribution in [0.25, 0.3) is 11.3 Å². The summed E-state index contributed by atoms with van der Waals surface area (Å²) >= 11 is 6.26. The van der Waals surface area contributed by atoms with Gasteiger partial charge in [0.15, 0.2) is 12.4 Å². The van der Waals surface area contributed by atoms with Gasteiger partial charge in [-0.15, -0.1) is 0 Å². The summed E-state index contributed by atoms with van der Waals surface area (Å²) in [5.74, 6) is 0.418. The number of amides is 1. The first-order valence-corrected chi connectivity index (χ1v) is 6.08. The molecule has 1 aromatic heterocycles. The number of nitrogens with zero attached hydrogens (tertiary/aromatic N) is 2. The Labute approximate surface area is 114 Å². The van der Waals surface area contributed by atoms with Gasteiger partial charge < -0.3 is 10.1 Å². The fourth-order valence-electron chi connectivity index (χ4n) is 1.84. The van der Waals surface area contributed by atoms with E-state index in [1.807, 2.05) is 25.1 Å². The highest BCUT2D eigenvalue weighted by atomic mass is 35.5. The topological polar surface area (TPSA) is 64.1 Å². The maximum Gasteiger partial charge on any atom is 0.263 e. The number of ether oxygens (including phenoxy) is 1. The number of benzene rings is 1. The van der Waals surface area contributed by atoms with Gasteiger partial charge in [0, 0.05) is 5.56 Å². The molecule has 2 heterocycles. The van der Waals surface area contributed by atoms with Crippen molar-refractivity contribution in [3.8, 4) is 17.1 Å². The van der Waals surface area contributed by atoms with Crippen LogP contribution in [0.3, 0.4) is 0 Å². The lowest BCUT2D eigenvalue weighted by atomic mass is 10.1. The van der Waals surface area contributed by atoms with E-state index in [9.17, 15) is 4.79 Å². The Balaban J connectivity index is 2.07. The third-order valence-electron chi connectivity index (χ3n) is 2.81. The van der Waals surface area contributed by atoms with E-state index in [0.29, 0.717) is 22.4 Å². The van der Waals surface area contributed by atoms with Crippen molar-refractivity contribution in [1.29, 1.82) is 0 Å². The molecule has 3 rings (SSSR count). The number of anilines is 1. The molecule has 0 fully saturated rings. The minimum absolute atomic E-state index is 0.0489. The SMILES string of the molecule is Cc1cccc(-c2cnc3c(n2)OCC(=O)N3)c1Cl. The van der Waals surface area contributed by atoms with Crippen molar-refractivity contribution < 1.29 is 9.53 Å². The quantitative estimate of drug-likeness (QED) is 0.868. The number of halogens is 1. The molecule has 1 aromatic carbocycles. The highest BCUT2D eigenvalue weighted by molar-refractivity contribution is 6.34. The average Bonchev–Trinajstić information content (AvgIpc) is 2.41. The molecule has 2 aromatic rings. The summed E-state index contributed by atoms with van der Waals surface area (Å²) in [7, 11) is 0. The monoisotopic (exact) mass is 275 g/mol. The average molecular weight is 276 g/mol. The molecular formula is C13H10ClN3O2. The molecule has 0 bridgehead atoms. The number of rotatable bonds is 1.